The summed E-state index contributed by atoms with van der Waals surface area (Å²) in [5.74, 6) is -0.565. The summed E-state index contributed by atoms with van der Waals surface area (Å²) in [5.41, 5.74) is 0. The van der Waals surface area contributed by atoms with Crippen molar-refractivity contribution in [2.24, 2.45) is 5.92 Å². The van der Waals surface area contributed by atoms with E-state index in [1.54, 1.807) is 0 Å². The third-order valence-electron chi connectivity index (χ3n) is 1.66. The maximum absolute atomic E-state index is 10.1. The number of aliphatic hydroxyl groups is 1. The SMILES string of the molecule is CC(C)C(O)CCCC(=O)O. The van der Waals surface area contributed by atoms with Crippen LogP contribution in [0.5, 0.6) is 0 Å². The van der Waals surface area contributed by atoms with Gasteiger partial charge in [0.25, 0.3) is 0 Å². The van der Waals surface area contributed by atoms with Crippen molar-refractivity contribution in [3.05, 3.63) is 0 Å². The van der Waals surface area contributed by atoms with Crippen LogP contribution >= 0.6 is 0 Å². The maximum Gasteiger partial charge on any atom is 0.303 e. The highest BCUT2D eigenvalue weighted by molar-refractivity contribution is 5.66. The Morgan fingerprint density at radius 2 is 2.00 bits per heavy atom. The van der Waals surface area contributed by atoms with E-state index in [0.717, 1.165) is 0 Å². The van der Waals surface area contributed by atoms with E-state index in [1.165, 1.54) is 0 Å². The second kappa shape index (κ2) is 5.13. The fourth-order valence-electron chi connectivity index (χ4n) is 0.796. The van der Waals surface area contributed by atoms with E-state index in [2.05, 4.69) is 0 Å². The van der Waals surface area contributed by atoms with Gasteiger partial charge in [0.15, 0.2) is 0 Å². The lowest BCUT2D eigenvalue weighted by atomic mass is 10.0. The summed E-state index contributed by atoms with van der Waals surface area (Å²) >= 11 is 0. The Labute approximate surface area is 67.0 Å². The molecule has 0 aliphatic heterocycles. The largest absolute Gasteiger partial charge is 0.481 e. The number of aliphatic hydroxyl groups excluding tert-OH is 1. The van der Waals surface area contributed by atoms with Crippen LogP contribution in [0.2, 0.25) is 0 Å². The van der Waals surface area contributed by atoms with Gasteiger partial charge in [0.05, 0.1) is 6.10 Å². The number of carboxylic acid groups (broad SMARTS) is 1. The van der Waals surface area contributed by atoms with Gasteiger partial charge in [-0.3, -0.25) is 4.79 Å². The molecule has 0 aromatic rings. The molecule has 11 heavy (non-hydrogen) atoms. The highest BCUT2D eigenvalue weighted by Crippen LogP contribution is 2.09. The first-order valence-electron chi connectivity index (χ1n) is 3.94. The van der Waals surface area contributed by atoms with Crippen LogP contribution in [-0.4, -0.2) is 22.3 Å². The Morgan fingerprint density at radius 3 is 2.36 bits per heavy atom. The molecule has 66 valence electrons. The third kappa shape index (κ3) is 5.85. The van der Waals surface area contributed by atoms with E-state index < -0.39 is 5.97 Å². The Morgan fingerprint density at radius 1 is 1.45 bits per heavy atom. The normalized spacial score (nSPS) is 13.5. The standard InChI is InChI=1S/C8H16O3/c1-6(2)7(9)4-3-5-8(10)11/h6-7,9H,3-5H2,1-2H3,(H,10,11). The van der Waals surface area contributed by atoms with Crippen LogP contribution < -0.4 is 0 Å². The fraction of sp³-hybridized carbons (Fsp3) is 0.875. The van der Waals surface area contributed by atoms with Crippen molar-refractivity contribution < 1.29 is 15.0 Å². The van der Waals surface area contributed by atoms with Gasteiger partial charge < -0.3 is 10.2 Å². The van der Waals surface area contributed by atoms with Crippen molar-refractivity contribution in [3.8, 4) is 0 Å². The van der Waals surface area contributed by atoms with Gasteiger partial charge in [-0.2, -0.15) is 0 Å². The number of aliphatic carboxylic acids is 1. The van der Waals surface area contributed by atoms with E-state index in [4.69, 9.17) is 5.11 Å². The number of hydrogen-bond acceptors (Lipinski definition) is 2. The molecule has 0 fully saturated rings. The van der Waals surface area contributed by atoms with Gasteiger partial charge in [0, 0.05) is 6.42 Å². The predicted molar refractivity (Wildman–Crippen MR) is 42.3 cm³/mol. The molecule has 1 unspecified atom stereocenters. The Bertz CT molecular complexity index is 121. The van der Waals surface area contributed by atoms with E-state index in [-0.39, 0.29) is 18.4 Å². The summed E-state index contributed by atoms with van der Waals surface area (Å²) in [4.78, 5) is 10.1. The maximum atomic E-state index is 10.1. The highest BCUT2D eigenvalue weighted by atomic mass is 16.4. The van der Waals surface area contributed by atoms with Crippen molar-refractivity contribution in [1.29, 1.82) is 0 Å². The minimum atomic E-state index is -0.791. The van der Waals surface area contributed by atoms with E-state index in [1.807, 2.05) is 13.8 Å². The Hall–Kier alpha value is -0.570. The monoisotopic (exact) mass is 160 g/mol. The molecule has 0 aromatic carbocycles. The summed E-state index contributed by atoms with van der Waals surface area (Å²) in [6.07, 6.45) is 0.956. The molecule has 0 saturated carbocycles. The van der Waals surface area contributed by atoms with Crippen LogP contribution in [0.15, 0.2) is 0 Å². The van der Waals surface area contributed by atoms with Crippen LogP contribution in [0.1, 0.15) is 33.1 Å². The second-order valence-corrected chi connectivity index (χ2v) is 3.10. The zero-order chi connectivity index (χ0) is 8.85. The van der Waals surface area contributed by atoms with Crippen LogP contribution in [0.25, 0.3) is 0 Å². The van der Waals surface area contributed by atoms with E-state index in [9.17, 15) is 9.90 Å². The van der Waals surface area contributed by atoms with Crippen molar-refractivity contribution >= 4 is 5.97 Å². The van der Waals surface area contributed by atoms with Gasteiger partial charge in [-0.25, -0.2) is 0 Å². The molecule has 3 heteroatoms. The topological polar surface area (TPSA) is 57.5 Å². The zero-order valence-corrected chi connectivity index (χ0v) is 7.08. The first-order valence-corrected chi connectivity index (χ1v) is 3.94. The lowest BCUT2D eigenvalue weighted by molar-refractivity contribution is -0.137. The number of carbonyl (C=O) groups is 1. The first-order chi connectivity index (χ1) is 5.04. The smallest absolute Gasteiger partial charge is 0.303 e. The molecule has 0 radical (unpaired) electrons. The minimum absolute atomic E-state index is 0.157. The third-order valence-corrected chi connectivity index (χ3v) is 1.66. The highest BCUT2D eigenvalue weighted by Gasteiger charge is 2.08. The molecule has 0 aromatic heterocycles. The van der Waals surface area contributed by atoms with Crippen molar-refractivity contribution in [2.75, 3.05) is 0 Å². The average Bonchev–Trinajstić information content (AvgIpc) is 1.86. The van der Waals surface area contributed by atoms with Gasteiger partial charge in [-0.1, -0.05) is 13.8 Å². The summed E-state index contributed by atoms with van der Waals surface area (Å²) in [6.45, 7) is 3.84. The summed E-state index contributed by atoms with van der Waals surface area (Å²) in [7, 11) is 0. The van der Waals surface area contributed by atoms with Gasteiger partial charge >= 0.3 is 5.97 Å². The summed E-state index contributed by atoms with van der Waals surface area (Å²) < 4.78 is 0. The van der Waals surface area contributed by atoms with E-state index in [0.29, 0.717) is 12.8 Å². The van der Waals surface area contributed by atoms with Crippen LogP contribution in [-0.2, 0) is 4.79 Å². The lowest BCUT2D eigenvalue weighted by Gasteiger charge is -2.12. The van der Waals surface area contributed by atoms with Crippen molar-refractivity contribution in [3.63, 3.8) is 0 Å². The average molecular weight is 160 g/mol. The lowest BCUT2D eigenvalue weighted by Crippen LogP contribution is -2.14. The summed E-state index contributed by atoms with van der Waals surface area (Å²) in [6, 6.07) is 0. The molecular weight excluding hydrogens is 144 g/mol. The molecule has 3 nitrogen and oxygen atoms in total. The summed E-state index contributed by atoms with van der Waals surface area (Å²) in [5, 5.41) is 17.5. The minimum Gasteiger partial charge on any atom is -0.481 e. The number of rotatable bonds is 5. The molecule has 0 saturated heterocycles. The fourth-order valence-corrected chi connectivity index (χ4v) is 0.796. The predicted octanol–water partition coefficient (Wildman–Crippen LogP) is 1.26. The molecule has 2 N–H and O–H groups in total. The van der Waals surface area contributed by atoms with E-state index >= 15 is 0 Å². The molecule has 0 aliphatic rings. The zero-order valence-electron chi connectivity index (χ0n) is 7.08. The van der Waals surface area contributed by atoms with Crippen molar-refractivity contribution in [2.45, 2.75) is 39.2 Å². The molecule has 1 atom stereocenters. The van der Waals surface area contributed by atoms with Crippen LogP contribution in [0, 0.1) is 5.92 Å². The van der Waals surface area contributed by atoms with Crippen LogP contribution in [0.3, 0.4) is 0 Å². The Balaban J connectivity index is 3.31. The second-order valence-electron chi connectivity index (χ2n) is 3.10. The Kier molecular flexibility index (Phi) is 4.86. The molecule has 0 amide bonds. The molecular formula is C8H16O3. The molecule has 0 rings (SSSR count). The number of hydrogen-bond donors (Lipinski definition) is 2. The van der Waals surface area contributed by atoms with Gasteiger partial charge in [-0.15, -0.1) is 0 Å². The van der Waals surface area contributed by atoms with Gasteiger partial charge in [0.1, 0.15) is 0 Å². The molecule has 0 heterocycles. The number of carboxylic acids is 1. The quantitative estimate of drug-likeness (QED) is 0.636. The van der Waals surface area contributed by atoms with Crippen LogP contribution in [0.4, 0.5) is 0 Å². The van der Waals surface area contributed by atoms with Gasteiger partial charge in [-0.05, 0) is 18.8 Å². The molecule has 0 bridgehead atoms. The molecule has 0 aliphatic carbocycles. The first kappa shape index (κ1) is 10.4. The van der Waals surface area contributed by atoms with Crippen molar-refractivity contribution in [1.82, 2.24) is 0 Å². The van der Waals surface area contributed by atoms with Gasteiger partial charge in [0.2, 0.25) is 0 Å². The molecule has 0 spiro atoms.